The fraction of sp³-hybridized carbons (Fsp3) is 0.647. The maximum absolute atomic E-state index is 12.2. The van der Waals surface area contributed by atoms with Gasteiger partial charge >= 0.3 is 0 Å². The highest BCUT2D eigenvalue weighted by molar-refractivity contribution is 5.90. The molecule has 0 fully saturated rings. The highest BCUT2D eigenvalue weighted by Crippen LogP contribution is 2.29. The molecule has 118 valence electrons. The summed E-state index contributed by atoms with van der Waals surface area (Å²) >= 11 is 0. The largest absolute Gasteiger partial charge is 0.506 e. The quantitative estimate of drug-likeness (QED) is 0.877. The van der Waals surface area contributed by atoms with Crippen molar-refractivity contribution in [2.75, 3.05) is 5.32 Å². The van der Waals surface area contributed by atoms with Crippen molar-refractivity contribution in [3.8, 4) is 5.75 Å². The molecule has 1 rings (SSSR count). The SMILES string of the molecule is Cc1nc(NC(=O)CC(C)CC(C)(C)C)c(C)c(C)c1O. The molecule has 0 saturated heterocycles. The monoisotopic (exact) mass is 292 g/mol. The third-order valence-electron chi connectivity index (χ3n) is 3.65. The number of anilines is 1. The van der Waals surface area contributed by atoms with Crippen LogP contribution >= 0.6 is 0 Å². The van der Waals surface area contributed by atoms with Crippen molar-refractivity contribution in [1.82, 2.24) is 4.98 Å². The van der Waals surface area contributed by atoms with Gasteiger partial charge < -0.3 is 10.4 Å². The molecule has 0 radical (unpaired) electrons. The van der Waals surface area contributed by atoms with E-state index in [1.54, 1.807) is 6.92 Å². The lowest BCUT2D eigenvalue weighted by Gasteiger charge is -2.23. The van der Waals surface area contributed by atoms with E-state index < -0.39 is 0 Å². The first-order valence-corrected chi connectivity index (χ1v) is 7.48. The Morgan fingerprint density at radius 2 is 1.81 bits per heavy atom. The number of aromatic hydroxyl groups is 1. The van der Waals surface area contributed by atoms with Crippen LogP contribution in [0.2, 0.25) is 0 Å². The number of amides is 1. The summed E-state index contributed by atoms with van der Waals surface area (Å²) in [7, 11) is 0. The fourth-order valence-corrected chi connectivity index (χ4v) is 2.67. The molecule has 1 amide bonds. The number of pyridine rings is 1. The summed E-state index contributed by atoms with van der Waals surface area (Å²) in [5, 5.41) is 12.7. The number of nitrogens with zero attached hydrogens (tertiary/aromatic N) is 1. The molecule has 0 aliphatic carbocycles. The van der Waals surface area contributed by atoms with Gasteiger partial charge in [-0.1, -0.05) is 27.7 Å². The standard InChI is InChI=1S/C17H28N2O2/c1-10(9-17(5,6)7)8-14(20)19-16-12(3)11(2)15(21)13(4)18-16/h10,21H,8-9H2,1-7H3,(H,18,19,20). The van der Waals surface area contributed by atoms with Crippen LogP contribution in [0.1, 0.15) is 57.4 Å². The van der Waals surface area contributed by atoms with Crippen LogP contribution in [0.4, 0.5) is 5.82 Å². The van der Waals surface area contributed by atoms with E-state index in [0.29, 0.717) is 23.9 Å². The number of aryl methyl sites for hydroxylation is 1. The van der Waals surface area contributed by atoms with Gasteiger partial charge in [0, 0.05) is 6.42 Å². The van der Waals surface area contributed by atoms with Gasteiger partial charge in [0.05, 0.1) is 5.69 Å². The van der Waals surface area contributed by atoms with Gasteiger partial charge in [-0.25, -0.2) is 4.98 Å². The van der Waals surface area contributed by atoms with Gasteiger partial charge in [-0.2, -0.15) is 0 Å². The second-order valence-electron chi connectivity index (χ2n) is 7.27. The smallest absolute Gasteiger partial charge is 0.225 e. The Kier molecular flexibility index (Phi) is 5.37. The van der Waals surface area contributed by atoms with Crippen LogP contribution in [0, 0.1) is 32.1 Å². The minimum Gasteiger partial charge on any atom is -0.506 e. The second-order valence-corrected chi connectivity index (χ2v) is 7.27. The van der Waals surface area contributed by atoms with Crippen molar-refractivity contribution < 1.29 is 9.90 Å². The van der Waals surface area contributed by atoms with E-state index in [1.165, 1.54) is 0 Å². The van der Waals surface area contributed by atoms with Crippen molar-refractivity contribution in [3.05, 3.63) is 16.8 Å². The number of aromatic nitrogens is 1. The summed E-state index contributed by atoms with van der Waals surface area (Å²) in [6.07, 6.45) is 1.48. The lowest BCUT2D eigenvalue weighted by Crippen LogP contribution is -2.20. The molecule has 1 aromatic rings. The Morgan fingerprint density at radius 1 is 1.24 bits per heavy atom. The molecule has 1 heterocycles. The van der Waals surface area contributed by atoms with E-state index >= 15 is 0 Å². The minimum absolute atomic E-state index is 0.0214. The third-order valence-corrected chi connectivity index (χ3v) is 3.65. The lowest BCUT2D eigenvalue weighted by atomic mass is 9.84. The third kappa shape index (κ3) is 5.03. The number of hydrogen-bond donors (Lipinski definition) is 2. The van der Waals surface area contributed by atoms with Crippen molar-refractivity contribution in [2.24, 2.45) is 11.3 Å². The number of carbonyl (C=O) groups excluding carboxylic acids is 1. The predicted molar refractivity (Wildman–Crippen MR) is 86.6 cm³/mol. The normalized spacial score (nSPS) is 13.1. The molecular weight excluding hydrogens is 264 g/mol. The molecule has 2 N–H and O–H groups in total. The van der Waals surface area contributed by atoms with Gasteiger partial charge in [0.1, 0.15) is 11.6 Å². The van der Waals surface area contributed by atoms with E-state index in [4.69, 9.17) is 0 Å². The van der Waals surface area contributed by atoms with Crippen LogP contribution in [-0.4, -0.2) is 16.0 Å². The number of carbonyl (C=O) groups is 1. The highest BCUT2D eigenvalue weighted by atomic mass is 16.3. The molecule has 0 saturated carbocycles. The molecule has 0 aromatic carbocycles. The van der Waals surface area contributed by atoms with Crippen LogP contribution < -0.4 is 5.32 Å². The minimum atomic E-state index is -0.0214. The Bertz CT molecular complexity index is 531. The topological polar surface area (TPSA) is 62.2 Å². The van der Waals surface area contributed by atoms with Crippen molar-refractivity contribution in [3.63, 3.8) is 0 Å². The average molecular weight is 292 g/mol. The van der Waals surface area contributed by atoms with Crippen LogP contribution in [0.3, 0.4) is 0 Å². The Hall–Kier alpha value is -1.58. The molecule has 1 atom stereocenters. The van der Waals surface area contributed by atoms with Crippen LogP contribution in [0.15, 0.2) is 0 Å². The van der Waals surface area contributed by atoms with Gasteiger partial charge in [0.15, 0.2) is 0 Å². The molecule has 21 heavy (non-hydrogen) atoms. The summed E-state index contributed by atoms with van der Waals surface area (Å²) in [6, 6.07) is 0. The van der Waals surface area contributed by atoms with E-state index in [0.717, 1.165) is 17.5 Å². The Labute approximate surface area is 128 Å². The molecule has 0 bridgehead atoms. The number of hydrogen-bond acceptors (Lipinski definition) is 3. The molecule has 4 nitrogen and oxygen atoms in total. The zero-order valence-corrected chi connectivity index (χ0v) is 14.3. The fourth-order valence-electron chi connectivity index (χ4n) is 2.67. The zero-order valence-electron chi connectivity index (χ0n) is 14.3. The number of nitrogens with one attached hydrogen (secondary N) is 1. The van der Waals surface area contributed by atoms with E-state index in [2.05, 4.69) is 38.0 Å². The molecule has 0 aliphatic heterocycles. The first-order chi connectivity index (χ1) is 9.51. The van der Waals surface area contributed by atoms with Crippen molar-refractivity contribution in [2.45, 2.75) is 61.3 Å². The molecule has 0 spiro atoms. The summed E-state index contributed by atoms with van der Waals surface area (Å²) in [6.45, 7) is 14.1. The lowest BCUT2D eigenvalue weighted by molar-refractivity contribution is -0.117. The van der Waals surface area contributed by atoms with Crippen molar-refractivity contribution >= 4 is 11.7 Å². The van der Waals surface area contributed by atoms with Gasteiger partial charge in [-0.3, -0.25) is 4.79 Å². The van der Waals surface area contributed by atoms with Crippen LogP contribution in [-0.2, 0) is 4.79 Å². The molecule has 1 unspecified atom stereocenters. The van der Waals surface area contributed by atoms with Gasteiger partial charge in [0.2, 0.25) is 5.91 Å². The second kappa shape index (κ2) is 6.46. The first kappa shape index (κ1) is 17.5. The van der Waals surface area contributed by atoms with E-state index in [-0.39, 0.29) is 17.1 Å². The molecular formula is C17H28N2O2. The maximum Gasteiger partial charge on any atom is 0.225 e. The Balaban J connectivity index is 2.76. The maximum atomic E-state index is 12.2. The Morgan fingerprint density at radius 3 is 2.33 bits per heavy atom. The number of rotatable bonds is 4. The molecule has 0 aliphatic rings. The first-order valence-electron chi connectivity index (χ1n) is 7.48. The van der Waals surface area contributed by atoms with E-state index in [1.807, 2.05) is 13.8 Å². The van der Waals surface area contributed by atoms with E-state index in [9.17, 15) is 9.90 Å². The van der Waals surface area contributed by atoms with Gasteiger partial charge in [0.25, 0.3) is 0 Å². The summed E-state index contributed by atoms with van der Waals surface area (Å²) < 4.78 is 0. The highest BCUT2D eigenvalue weighted by Gasteiger charge is 2.19. The summed E-state index contributed by atoms with van der Waals surface area (Å²) in [5.41, 5.74) is 2.34. The summed E-state index contributed by atoms with van der Waals surface area (Å²) in [5.74, 6) is 1.05. The van der Waals surface area contributed by atoms with Crippen LogP contribution in [0.25, 0.3) is 0 Å². The van der Waals surface area contributed by atoms with Gasteiger partial charge in [-0.15, -0.1) is 0 Å². The molecule has 4 heteroatoms. The predicted octanol–water partition coefficient (Wildman–Crippen LogP) is 4.11. The summed E-state index contributed by atoms with van der Waals surface area (Å²) in [4.78, 5) is 16.4. The average Bonchev–Trinajstić information content (AvgIpc) is 2.30. The zero-order chi connectivity index (χ0) is 16.4. The van der Waals surface area contributed by atoms with Crippen LogP contribution in [0.5, 0.6) is 5.75 Å². The molecule has 1 aromatic heterocycles. The van der Waals surface area contributed by atoms with Gasteiger partial charge in [-0.05, 0) is 49.7 Å². The van der Waals surface area contributed by atoms with Crippen molar-refractivity contribution in [1.29, 1.82) is 0 Å².